The highest BCUT2D eigenvalue weighted by atomic mass is 16.5. The molecule has 20 heavy (non-hydrogen) atoms. The highest BCUT2D eigenvalue weighted by Crippen LogP contribution is 2.35. The lowest BCUT2D eigenvalue weighted by Gasteiger charge is -2.09. The monoisotopic (exact) mass is 270 g/mol. The van der Waals surface area contributed by atoms with E-state index in [1.165, 1.54) is 5.56 Å². The second-order valence-electron chi connectivity index (χ2n) is 4.91. The number of pyridine rings is 1. The third kappa shape index (κ3) is 2.60. The summed E-state index contributed by atoms with van der Waals surface area (Å²) in [4.78, 5) is 4.42. The SMILES string of the molecule is CNC1COc2cc(OCc3cccc(C)n3)ccc21. The van der Waals surface area contributed by atoms with Crippen molar-refractivity contribution in [3.8, 4) is 11.5 Å². The fourth-order valence-corrected chi connectivity index (χ4v) is 2.36. The number of nitrogens with one attached hydrogen (secondary N) is 1. The zero-order chi connectivity index (χ0) is 13.9. The minimum absolute atomic E-state index is 0.275. The lowest BCUT2D eigenvalue weighted by Crippen LogP contribution is -2.17. The molecule has 1 atom stereocenters. The van der Waals surface area contributed by atoms with Gasteiger partial charge in [0.2, 0.25) is 0 Å². The Morgan fingerprint density at radius 3 is 3.05 bits per heavy atom. The molecule has 0 spiro atoms. The Balaban J connectivity index is 1.70. The van der Waals surface area contributed by atoms with E-state index in [1.54, 1.807) is 0 Å². The largest absolute Gasteiger partial charge is 0.491 e. The maximum atomic E-state index is 5.78. The van der Waals surface area contributed by atoms with E-state index in [0.717, 1.165) is 22.9 Å². The normalized spacial score (nSPS) is 16.6. The van der Waals surface area contributed by atoms with E-state index in [-0.39, 0.29) is 6.04 Å². The molecular weight excluding hydrogens is 252 g/mol. The van der Waals surface area contributed by atoms with Crippen LogP contribution in [0.25, 0.3) is 0 Å². The fourth-order valence-electron chi connectivity index (χ4n) is 2.36. The summed E-state index contributed by atoms with van der Waals surface area (Å²) < 4.78 is 11.4. The lowest BCUT2D eigenvalue weighted by atomic mass is 10.1. The smallest absolute Gasteiger partial charge is 0.130 e. The summed E-state index contributed by atoms with van der Waals surface area (Å²) in [5.74, 6) is 1.71. The topological polar surface area (TPSA) is 43.4 Å². The first-order valence-corrected chi connectivity index (χ1v) is 6.75. The number of ether oxygens (including phenoxy) is 2. The van der Waals surface area contributed by atoms with Crippen LogP contribution in [0, 0.1) is 6.92 Å². The summed E-state index contributed by atoms with van der Waals surface area (Å²) in [5.41, 5.74) is 3.12. The number of hydrogen-bond acceptors (Lipinski definition) is 4. The Morgan fingerprint density at radius 1 is 1.35 bits per heavy atom. The van der Waals surface area contributed by atoms with Gasteiger partial charge in [0.15, 0.2) is 0 Å². The molecule has 0 amide bonds. The molecular formula is C16H18N2O2. The number of fused-ring (bicyclic) bond motifs is 1. The molecule has 3 rings (SSSR count). The maximum Gasteiger partial charge on any atom is 0.130 e. The van der Waals surface area contributed by atoms with Crippen LogP contribution in [0.2, 0.25) is 0 Å². The van der Waals surface area contributed by atoms with Gasteiger partial charge in [-0.3, -0.25) is 4.98 Å². The van der Waals surface area contributed by atoms with Crippen molar-refractivity contribution in [2.75, 3.05) is 13.7 Å². The summed E-state index contributed by atoms with van der Waals surface area (Å²) in [5, 5.41) is 3.23. The lowest BCUT2D eigenvalue weighted by molar-refractivity contribution is 0.295. The van der Waals surface area contributed by atoms with Gasteiger partial charge in [0.05, 0.1) is 11.7 Å². The molecule has 0 bridgehead atoms. The first-order valence-electron chi connectivity index (χ1n) is 6.75. The molecule has 4 nitrogen and oxygen atoms in total. The van der Waals surface area contributed by atoms with Crippen molar-refractivity contribution in [2.24, 2.45) is 0 Å². The summed E-state index contributed by atoms with van der Waals surface area (Å²) in [6, 6.07) is 12.2. The van der Waals surface area contributed by atoms with Crippen LogP contribution < -0.4 is 14.8 Å². The molecule has 2 heterocycles. The van der Waals surface area contributed by atoms with Crippen molar-refractivity contribution in [1.82, 2.24) is 10.3 Å². The highest BCUT2D eigenvalue weighted by molar-refractivity contribution is 5.45. The van der Waals surface area contributed by atoms with E-state index in [2.05, 4.69) is 16.4 Å². The molecule has 104 valence electrons. The predicted octanol–water partition coefficient (Wildman–Crippen LogP) is 2.62. The number of aromatic nitrogens is 1. The minimum atomic E-state index is 0.275. The van der Waals surface area contributed by atoms with Crippen LogP contribution >= 0.6 is 0 Å². The summed E-state index contributed by atoms with van der Waals surface area (Å²) >= 11 is 0. The molecule has 1 aromatic heterocycles. The van der Waals surface area contributed by atoms with Gasteiger partial charge >= 0.3 is 0 Å². The molecule has 0 aliphatic carbocycles. The van der Waals surface area contributed by atoms with Crippen LogP contribution in [0.1, 0.15) is 23.0 Å². The zero-order valence-corrected chi connectivity index (χ0v) is 11.7. The molecule has 0 saturated heterocycles. The average Bonchev–Trinajstić information content (AvgIpc) is 2.87. The van der Waals surface area contributed by atoms with Gasteiger partial charge in [0.25, 0.3) is 0 Å². The maximum absolute atomic E-state index is 5.78. The van der Waals surface area contributed by atoms with Crippen LogP contribution in [-0.4, -0.2) is 18.6 Å². The molecule has 1 aliphatic heterocycles. The van der Waals surface area contributed by atoms with Gasteiger partial charge in [-0.25, -0.2) is 0 Å². The van der Waals surface area contributed by atoms with E-state index < -0.39 is 0 Å². The quantitative estimate of drug-likeness (QED) is 0.927. The van der Waals surface area contributed by atoms with Crippen LogP contribution in [0.3, 0.4) is 0 Å². The van der Waals surface area contributed by atoms with Crippen LogP contribution in [-0.2, 0) is 6.61 Å². The Hall–Kier alpha value is -2.07. The molecule has 1 aliphatic rings. The Morgan fingerprint density at radius 2 is 2.25 bits per heavy atom. The molecule has 4 heteroatoms. The fraction of sp³-hybridized carbons (Fsp3) is 0.312. The molecule has 1 aromatic carbocycles. The van der Waals surface area contributed by atoms with Crippen LogP contribution in [0.15, 0.2) is 36.4 Å². The number of rotatable bonds is 4. The van der Waals surface area contributed by atoms with Gasteiger partial charge in [0, 0.05) is 17.3 Å². The molecule has 2 aromatic rings. The number of aryl methyl sites for hydroxylation is 1. The second-order valence-corrected chi connectivity index (χ2v) is 4.91. The third-order valence-corrected chi connectivity index (χ3v) is 3.45. The van der Waals surface area contributed by atoms with E-state index in [0.29, 0.717) is 13.2 Å². The van der Waals surface area contributed by atoms with Crippen LogP contribution in [0.4, 0.5) is 0 Å². The first kappa shape index (κ1) is 12.9. The number of nitrogens with zero attached hydrogens (tertiary/aromatic N) is 1. The second kappa shape index (κ2) is 5.51. The van der Waals surface area contributed by atoms with Crippen molar-refractivity contribution < 1.29 is 9.47 Å². The molecule has 1 N–H and O–H groups in total. The summed E-state index contributed by atoms with van der Waals surface area (Å²) in [6.45, 7) is 3.12. The Labute approximate surface area is 118 Å². The van der Waals surface area contributed by atoms with Gasteiger partial charge in [-0.15, -0.1) is 0 Å². The first-order chi connectivity index (χ1) is 9.76. The zero-order valence-electron chi connectivity index (χ0n) is 11.7. The van der Waals surface area contributed by atoms with Gasteiger partial charge < -0.3 is 14.8 Å². The average molecular weight is 270 g/mol. The van der Waals surface area contributed by atoms with Crippen molar-refractivity contribution in [3.63, 3.8) is 0 Å². The van der Waals surface area contributed by atoms with E-state index in [1.807, 2.05) is 44.3 Å². The van der Waals surface area contributed by atoms with E-state index >= 15 is 0 Å². The Kier molecular flexibility index (Phi) is 3.56. The predicted molar refractivity (Wildman–Crippen MR) is 77.0 cm³/mol. The molecule has 0 fully saturated rings. The Bertz CT molecular complexity index is 613. The minimum Gasteiger partial charge on any atom is -0.491 e. The van der Waals surface area contributed by atoms with Gasteiger partial charge in [-0.05, 0) is 38.2 Å². The number of benzene rings is 1. The third-order valence-electron chi connectivity index (χ3n) is 3.45. The van der Waals surface area contributed by atoms with Crippen molar-refractivity contribution in [2.45, 2.75) is 19.6 Å². The van der Waals surface area contributed by atoms with Gasteiger partial charge in [-0.1, -0.05) is 6.07 Å². The van der Waals surface area contributed by atoms with Crippen molar-refractivity contribution >= 4 is 0 Å². The van der Waals surface area contributed by atoms with E-state index in [9.17, 15) is 0 Å². The van der Waals surface area contributed by atoms with Crippen molar-refractivity contribution in [3.05, 3.63) is 53.3 Å². The van der Waals surface area contributed by atoms with Gasteiger partial charge in [-0.2, -0.15) is 0 Å². The summed E-state index contributed by atoms with van der Waals surface area (Å²) in [6.07, 6.45) is 0. The molecule has 0 saturated carbocycles. The standard InChI is InChI=1S/C16H18N2O2/c1-11-4-3-5-12(18-11)9-19-13-6-7-14-15(17-2)10-20-16(14)8-13/h3-8,15,17H,9-10H2,1-2H3. The number of hydrogen-bond donors (Lipinski definition) is 1. The van der Waals surface area contributed by atoms with Crippen molar-refractivity contribution in [1.29, 1.82) is 0 Å². The molecule has 1 unspecified atom stereocenters. The number of likely N-dealkylation sites (N-methyl/N-ethyl adjacent to an activating group) is 1. The summed E-state index contributed by atoms with van der Waals surface area (Å²) in [7, 11) is 1.94. The highest BCUT2D eigenvalue weighted by Gasteiger charge is 2.22. The molecule has 0 radical (unpaired) electrons. The van der Waals surface area contributed by atoms with E-state index in [4.69, 9.17) is 9.47 Å². The van der Waals surface area contributed by atoms with Gasteiger partial charge in [0.1, 0.15) is 24.7 Å². The van der Waals surface area contributed by atoms with Crippen LogP contribution in [0.5, 0.6) is 11.5 Å².